The zero-order valence-electron chi connectivity index (χ0n) is 8.22. The maximum absolute atomic E-state index is 12.6. The van der Waals surface area contributed by atoms with E-state index in [1.807, 2.05) is 0 Å². The Bertz CT molecular complexity index is 575. The molecule has 1 rings (SSSR count). The van der Waals surface area contributed by atoms with Crippen molar-refractivity contribution >= 4 is 25.6 Å². The fourth-order valence-electron chi connectivity index (χ4n) is 1.21. The minimum absolute atomic E-state index is 0.101. The molecule has 1 heterocycles. The molecule has 0 atom stereocenters. The molecule has 0 aliphatic carbocycles. The standard InChI is InChI=1S/C7H5ClF2N2O4S/c1-3-2-4(6(9)10)5(17(8,15)16)7(11-3)12(13)14/h2,6H,1H3. The van der Waals surface area contributed by atoms with Gasteiger partial charge in [-0.15, -0.1) is 0 Å². The highest BCUT2D eigenvalue weighted by Crippen LogP contribution is 2.34. The molecule has 0 unspecified atom stereocenters. The Morgan fingerprint density at radius 1 is 1.53 bits per heavy atom. The monoisotopic (exact) mass is 286 g/mol. The second-order valence-electron chi connectivity index (χ2n) is 3.00. The summed E-state index contributed by atoms with van der Waals surface area (Å²) < 4.78 is 47.4. The minimum atomic E-state index is -4.68. The first kappa shape index (κ1) is 13.7. The van der Waals surface area contributed by atoms with Gasteiger partial charge < -0.3 is 10.1 Å². The molecule has 0 N–H and O–H groups in total. The smallest absolute Gasteiger partial charge is 0.358 e. The minimum Gasteiger partial charge on any atom is -0.358 e. The molecule has 17 heavy (non-hydrogen) atoms. The van der Waals surface area contributed by atoms with Crippen molar-refractivity contribution in [2.24, 2.45) is 0 Å². The zero-order chi connectivity index (χ0) is 13.4. The van der Waals surface area contributed by atoms with Gasteiger partial charge in [-0.25, -0.2) is 17.2 Å². The Kier molecular flexibility index (Phi) is 3.62. The quantitative estimate of drug-likeness (QED) is 0.482. The zero-order valence-corrected chi connectivity index (χ0v) is 9.80. The summed E-state index contributed by atoms with van der Waals surface area (Å²) in [6, 6.07) is 0.743. The van der Waals surface area contributed by atoms with Gasteiger partial charge in [0.1, 0.15) is 0 Å². The van der Waals surface area contributed by atoms with E-state index in [4.69, 9.17) is 10.7 Å². The summed E-state index contributed by atoms with van der Waals surface area (Å²) in [5.74, 6) is -1.20. The number of alkyl halides is 2. The van der Waals surface area contributed by atoms with Crippen LogP contribution in [0.5, 0.6) is 0 Å². The fraction of sp³-hybridized carbons (Fsp3) is 0.286. The molecule has 1 aromatic rings. The summed E-state index contributed by atoms with van der Waals surface area (Å²) in [5.41, 5.74) is -1.13. The lowest BCUT2D eigenvalue weighted by Crippen LogP contribution is -2.07. The van der Waals surface area contributed by atoms with Crippen molar-refractivity contribution in [2.45, 2.75) is 18.2 Å². The van der Waals surface area contributed by atoms with Crippen LogP contribution in [0.4, 0.5) is 14.6 Å². The van der Waals surface area contributed by atoms with Gasteiger partial charge in [0.2, 0.25) is 0 Å². The van der Waals surface area contributed by atoms with E-state index in [1.54, 1.807) is 0 Å². The number of aryl methyl sites for hydroxylation is 1. The molecule has 0 saturated heterocycles. The summed E-state index contributed by atoms with van der Waals surface area (Å²) in [6.07, 6.45) is -3.21. The maximum Gasteiger partial charge on any atom is 0.384 e. The molecule has 10 heteroatoms. The molecule has 0 aliphatic heterocycles. The fourth-order valence-corrected chi connectivity index (χ4v) is 2.45. The largest absolute Gasteiger partial charge is 0.384 e. The average Bonchev–Trinajstić information content (AvgIpc) is 2.14. The molecule has 0 aromatic carbocycles. The number of hydrogen-bond acceptors (Lipinski definition) is 5. The van der Waals surface area contributed by atoms with Crippen molar-refractivity contribution in [3.05, 3.63) is 27.4 Å². The van der Waals surface area contributed by atoms with Crippen LogP contribution in [0.3, 0.4) is 0 Å². The van der Waals surface area contributed by atoms with Crippen LogP contribution in [0, 0.1) is 17.0 Å². The van der Waals surface area contributed by atoms with E-state index in [9.17, 15) is 27.3 Å². The van der Waals surface area contributed by atoms with E-state index in [-0.39, 0.29) is 5.69 Å². The highest BCUT2D eigenvalue weighted by atomic mass is 35.7. The number of nitrogens with zero attached hydrogens (tertiary/aromatic N) is 2. The van der Waals surface area contributed by atoms with Crippen LogP contribution in [-0.2, 0) is 9.05 Å². The van der Waals surface area contributed by atoms with Crippen molar-refractivity contribution < 1.29 is 22.1 Å². The molecule has 94 valence electrons. The maximum atomic E-state index is 12.6. The van der Waals surface area contributed by atoms with E-state index >= 15 is 0 Å². The van der Waals surface area contributed by atoms with Gasteiger partial charge in [0.15, 0.2) is 10.6 Å². The molecule has 6 nitrogen and oxygen atoms in total. The summed E-state index contributed by atoms with van der Waals surface area (Å²) in [4.78, 5) is 11.4. The molecule has 0 aliphatic rings. The van der Waals surface area contributed by atoms with E-state index in [0.717, 1.165) is 6.07 Å². The van der Waals surface area contributed by atoms with E-state index in [1.165, 1.54) is 6.92 Å². The summed E-state index contributed by atoms with van der Waals surface area (Å²) in [5, 5.41) is 10.6. The lowest BCUT2D eigenvalue weighted by molar-refractivity contribution is -0.392. The number of pyridine rings is 1. The van der Waals surface area contributed by atoms with Gasteiger partial charge >= 0.3 is 5.82 Å². The Morgan fingerprint density at radius 2 is 2.06 bits per heavy atom. The van der Waals surface area contributed by atoms with Gasteiger partial charge in [-0.05, 0) is 16.0 Å². The second-order valence-corrected chi connectivity index (χ2v) is 5.50. The number of hydrogen-bond donors (Lipinski definition) is 0. The second kappa shape index (κ2) is 4.49. The van der Waals surface area contributed by atoms with Gasteiger partial charge in [-0.2, -0.15) is 0 Å². The van der Waals surface area contributed by atoms with Crippen LogP contribution in [0.25, 0.3) is 0 Å². The molecular weight excluding hydrogens is 282 g/mol. The predicted molar refractivity (Wildman–Crippen MR) is 53.6 cm³/mol. The van der Waals surface area contributed by atoms with Crippen LogP contribution in [0.1, 0.15) is 17.7 Å². The highest BCUT2D eigenvalue weighted by molar-refractivity contribution is 8.13. The summed E-state index contributed by atoms with van der Waals surface area (Å²) >= 11 is 0. The number of aromatic nitrogens is 1. The first-order valence-electron chi connectivity index (χ1n) is 4.03. The molecule has 0 spiro atoms. The molecule has 0 radical (unpaired) electrons. The van der Waals surface area contributed by atoms with Crippen molar-refractivity contribution in [1.82, 2.24) is 4.98 Å². The molecule has 0 saturated carbocycles. The van der Waals surface area contributed by atoms with Gasteiger partial charge in [0.05, 0.1) is 5.56 Å². The molecular formula is C7H5ClF2N2O4S. The molecule has 0 amide bonds. The third-order valence-electron chi connectivity index (χ3n) is 1.76. The van der Waals surface area contributed by atoms with E-state index in [0.29, 0.717) is 0 Å². The van der Waals surface area contributed by atoms with Gasteiger partial charge in [0, 0.05) is 17.6 Å². The molecule has 0 bridgehead atoms. The van der Waals surface area contributed by atoms with Crippen LogP contribution < -0.4 is 0 Å². The molecule has 0 fully saturated rings. The lowest BCUT2D eigenvalue weighted by atomic mass is 10.2. The first-order valence-corrected chi connectivity index (χ1v) is 6.34. The Morgan fingerprint density at radius 3 is 2.41 bits per heavy atom. The van der Waals surface area contributed by atoms with Crippen molar-refractivity contribution in [2.75, 3.05) is 0 Å². The Balaban J connectivity index is 3.79. The van der Waals surface area contributed by atoms with Crippen LogP contribution >= 0.6 is 10.7 Å². The van der Waals surface area contributed by atoms with Crippen LogP contribution in [-0.4, -0.2) is 18.3 Å². The van der Waals surface area contributed by atoms with Crippen LogP contribution in [0.2, 0.25) is 0 Å². The normalized spacial score (nSPS) is 11.8. The highest BCUT2D eigenvalue weighted by Gasteiger charge is 2.33. The first-order chi connectivity index (χ1) is 7.64. The van der Waals surface area contributed by atoms with Gasteiger partial charge in [0.25, 0.3) is 15.5 Å². The van der Waals surface area contributed by atoms with E-state index < -0.39 is 36.7 Å². The lowest BCUT2D eigenvalue weighted by Gasteiger charge is -2.06. The number of rotatable bonds is 3. The van der Waals surface area contributed by atoms with Crippen molar-refractivity contribution in [1.29, 1.82) is 0 Å². The van der Waals surface area contributed by atoms with Crippen LogP contribution in [0.15, 0.2) is 11.0 Å². The number of nitro groups is 1. The Labute approximate surface area is 98.8 Å². The molecule has 1 aromatic heterocycles. The third-order valence-corrected chi connectivity index (χ3v) is 3.13. The number of halogens is 3. The topological polar surface area (TPSA) is 90.2 Å². The summed E-state index contributed by atoms with van der Waals surface area (Å²) in [7, 11) is 0.221. The van der Waals surface area contributed by atoms with Crippen molar-refractivity contribution in [3.63, 3.8) is 0 Å². The Hall–Kier alpha value is -1.35. The van der Waals surface area contributed by atoms with Crippen molar-refractivity contribution in [3.8, 4) is 0 Å². The third kappa shape index (κ3) is 2.86. The summed E-state index contributed by atoms with van der Waals surface area (Å²) in [6.45, 7) is 1.23. The van der Waals surface area contributed by atoms with Gasteiger partial charge in [-0.1, -0.05) is 0 Å². The SMILES string of the molecule is Cc1cc(C(F)F)c(S(=O)(=O)Cl)c([N+](=O)[O-])n1. The van der Waals surface area contributed by atoms with Gasteiger partial charge in [-0.3, -0.25) is 0 Å². The van der Waals surface area contributed by atoms with E-state index in [2.05, 4.69) is 4.98 Å². The predicted octanol–water partition coefficient (Wildman–Crippen LogP) is 2.16. The average molecular weight is 287 g/mol.